The molecule has 138 valence electrons. The number of carbonyl (C=O) groups is 1. The molecule has 0 unspecified atom stereocenters. The summed E-state index contributed by atoms with van der Waals surface area (Å²) in [4.78, 5) is 12.0. The van der Waals surface area contributed by atoms with E-state index in [0.717, 1.165) is 17.7 Å². The molecule has 0 spiro atoms. The number of nitrogens with one attached hydrogen (secondary N) is 1. The van der Waals surface area contributed by atoms with Gasteiger partial charge in [-0.3, -0.25) is 4.79 Å². The quantitative estimate of drug-likeness (QED) is 0.663. The number of carbonyl (C=O) groups excluding carboxylic acids is 1. The first-order valence-electron chi connectivity index (χ1n) is 7.77. The van der Waals surface area contributed by atoms with Gasteiger partial charge < -0.3 is 10.1 Å². The minimum Gasteiger partial charge on any atom is -0.491 e. The number of anilines is 1. The molecule has 2 aromatic carbocycles. The highest BCUT2D eigenvalue weighted by molar-refractivity contribution is 6.31. The van der Waals surface area contributed by atoms with Crippen LogP contribution in [0.25, 0.3) is 6.08 Å². The second kappa shape index (κ2) is 8.27. The number of ether oxygens (including phenoxy) is 1. The van der Waals surface area contributed by atoms with Crippen LogP contribution in [0.15, 0.2) is 48.5 Å². The molecule has 0 aliphatic carbocycles. The van der Waals surface area contributed by atoms with Crippen LogP contribution < -0.4 is 10.1 Å². The second-order valence-electron chi connectivity index (χ2n) is 5.75. The highest BCUT2D eigenvalue weighted by Gasteiger charge is 2.33. The molecule has 3 nitrogen and oxygen atoms in total. The maximum atomic E-state index is 12.8. The Balaban J connectivity index is 2.08. The van der Waals surface area contributed by atoms with Gasteiger partial charge in [0.05, 0.1) is 16.7 Å². The smallest absolute Gasteiger partial charge is 0.417 e. The molecule has 0 aliphatic rings. The molecule has 0 fully saturated rings. The van der Waals surface area contributed by atoms with Crippen molar-refractivity contribution in [1.29, 1.82) is 0 Å². The Morgan fingerprint density at radius 2 is 1.92 bits per heavy atom. The van der Waals surface area contributed by atoms with Crippen molar-refractivity contribution in [1.82, 2.24) is 0 Å². The lowest BCUT2D eigenvalue weighted by molar-refractivity contribution is -0.137. The van der Waals surface area contributed by atoms with Gasteiger partial charge in [-0.15, -0.1) is 0 Å². The second-order valence-corrected chi connectivity index (χ2v) is 6.16. The third-order valence-corrected chi connectivity index (χ3v) is 3.53. The van der Waals surface area contributed by atoms with Gasteiger partial charge >= 0.3 is 6.18 Å². The van der Waals surface area contributed by atoms with Crippen LogP contribution in [0.1, 0.15) is 25.0 Å². The van der Waals surface area contributed by atoms with Crippen LogP contribution in [-0.4, -0.2) is 12.0 Å². The van der Waals surface area contributed by atoms with Gasteiger partial charge in [-0.1, -0.05) is 23.7 Å². The van der Waals surface area contributed by atoms with Crippen LogP contribution in [-0.2, 0) is 11.0 Å². The zero-order chi connectivity index (χ0) is 19.3. The first-order chi connectivity index (χ1) is 12.1. The summed E-state index contributed by atoms with van der Waals surface area (Å²) in [5.74, 6) is 0.103. The summed E-state index contributed by atoms with van der Waals surface area (Å²) in [6, 6.07) is 10.3. The van der Waals surface area contributed by atoms with Gasteiger partial charge in [-0.2, -0.15) is 13.2 Å². The normalized spacial score (nSPS) is 11.8. The summed E-state index contributed by atoms with van der Waals surface area (Å²) in [6.45, 7) is 3.80. The first kappa shape index (κ1) is 19.8. The van der Waals surface area contributed by atoms with E-state index < -0.39 is 22.7 Å². The summed E-state index contributed by atoms with van der Waals surface area (Å²) >= 11 is 5.55. The number of hydrogen-bond acceptors (Lipinski definition) is 2. The molecule has 0 bridgehead atoms. The molecule has 0 aromatic heterocycles. The van der Waals surface area contributed by atoms with Crippen molar-refractivity contribution in [3.63, 3.8) is 0 Å². The summed E-state index contributed by atoms with van der Waals surface area (Å²) in [5, 5.41) is 1.96. The largest absolute Gasteiger partial charge is 0.491 e. The topological polar surface area (TPSA) is 38.3 Å². The molecule has 0 saturated heterocycles. The monoisotopic (exact) mass is 383 g/mol. The van der Waals surface area contributed by atoms with Crippen molar-refractivity contribution in [2.45, 2.75) is 26.1 Å². The Morgan fingerprint density at radius 1 is 1.19 bits per heavy atom. The molecule has 26 heavy (non-hydrogen) atoms. The molecule has 1 N–H and O–H groups in total. The lowest BCUT2D eigenvalue weighted by Crippen LogP contribution is -2.11. The standard InChI is InChI=1S/C19H17ClF3NO2/c1-12(2)26-15-5-3-4-13(10-15)6-9-18(25)24-14-7-8-17(20)16(11-14)19(21,22)23/h3-12H,1-2H3,(H,24,25)/b9-6+. The van der Waals surface area contributed by atoms with Gasteiger partial charge in [0.1, 0.15) is 5.75 Å². The predicted molar refractivity (Wildman–Crippen MR) is 96.3 cm³/mol. The molecule has 7 heteroatoms. The van der Waals surface area contributed by atoms with E-state index in [2.05, 4.69) is 5.32 Å². The highest BCUT2D eigenvalue weighted by Crippen LogP contribution is 2.36. The highest BCUT2D eigenvalue weighted by atomic mass is 35.5. The lowest BCUT2D eigenvalue weighted by Gasteiger charge is -2.11. The maximum absolute atomic E-state index is 12.8. The van der Waals surface area contributed by atoms with E-state index in [1.165, 1.54) is 12.1 Å². The molecule has 0 heterocycles. The van der Waals surface area contributed by atoms with E-state index in [-0.39, 0.29) is 11.8 Å². The predicted octanol–water partition coefficient (Wildman–Crippen LogP) is 5.80. The van der Waals surface area contributed by atoms with Crippen molar-refractivity contribution in [2.75, 3.05) is 5.32 Å². The van der Waals surface area contributed by atoms with E-state index in [9.17, 15) is 18.0 Å². The Hall–Kier alpha value is -2.47. The molecule has 0 atom stereocenters. The molecular weight excluding hydrogens is 367 g/mol. The third-order valence-electron chi connectivity index (χ3n) is 3.20. The fourth-order valence-corrected chi connectivity index (χ4v) is 2.36. The average molecular weight is 384 g/mol. The van der Waals surface area contributed by atoms with Gasteiger partial charge in [0, 0.05) is 11.8 Å². The minimum atomic E-state index is -4.59. The Bertz CT molecular complexity index is 817. The van der Waals surface area contributed by atoms with Gasteiger partial charge in [-0.05, 0) is 55.8 Å². The fourth-order valence-electron chi connectivity index (χ4n) is 2.14. The fraction of sp³-hybridized carbons (Fsp3) is 0.211. The molecule has 0 aliphatic heterocycles. The van der Waals surface area contributed by atoms with Crippen LogP contribution in [0, 0.1) is 0 Å². The van der Waals surface area contributed by atoms with Crippen molar-refractivity contribution < 1.29 is 22.7 Å². The molecule has 1 amide bonds. The van der Waals surface area contributed by atoms with Crippen molar-refractivity contribution in [2.24, 2.45) is 0 Å². The molecule has 0 saturated carbocycles. The third kappa shape index (κ3) is 5.81. The minimum absolute atomic E-state index is 0.00765. The number of benzene rings is 2. The van der Waals surface area contributed by atoms with Gasteiger partial charge in [0.15, 0.2) is 0 Å². The molecule has 2 aromatic rings. The van der Waals surface area contributed by atoms with E-state index in [4.69, 9.17) is 16.3 Å². The van der Waals surface area contributed by atoms with Crippen LogP contribution >= 0.6 is 11.6 Å². The lowest BCUT2D eigenvalue weighted by atomic mass is 10.2. The van der Waals surface area contributed by atoms with Crippen LogP contribution in [0.4, 0.5) is 18.9 Å². The Kier molecular flexibility index (Phi) is 6.32. The van der Waals surface area contributed by atoms with E-state index in [0.29, 0.717) is 5.75 Å². The summed E-state index contributed by atoms with van der Waals surface area (Å²) in [5.41, 5.74) is -0.266. The number of halogens is 4. The number of rotatable bonds is 5. The van der Waals surface area contributed by atoms with Crippen molar-refractivity contribution in [3.8, 4) is 5.75 Å². The van der Waals surface area contributed by atoms with E-state index in [1.54, 1.807) is 30.3 Å². The van der Waals surface area contributed by atoms with Gasteiger partial charge in [-0.25, -0.2) is 0 Å². The zero-order valence-corrected chi connectivity index (χ0v) is 14.9. The number of alkyl halides is 3. The van der Waals surface area contributed by atoms with Crippen molar-refractivity contribution >= 4 is 29.3 Å². The summed E-state index contributed by atoms with van der Waals surface area (Å²) in [7, 11) is 0. The molecular formula is C19H17ClF3NO2. The van der Waals surface area contributed by atoms with Crippen LogP contribution in [0.2, 0.25) is 5.02 Å². The molecule has 0 radical (unpaired) electrons. The zero-order valence-electron chi connectivity index (χ0n) is 14.1. The number of hydrogen-bond donors (Lipinski definition) is 1. The average Bonchev–Trinajstić information content (AvgIpc) is 2.53. The van der Waals surface area contributed by atoms with Crippen LogP contribution in [0.5, 0.6) is 5.75 Å². The number of amides is 1. The van der Waals surface area contributed by atoms with Crippen molar-refractivity contribution in [3.05, 3.63) is 64.7 Å². The summed E-state index contributed by atoms with van der Waals surface area (Å²) in [6.07, 6.45) is -1.80. The Morgan fingerprint density at radius 3 is 2.58 bits per heavy atom. The van der Waals surface area contributed by atoms with Crippen LogP contribution in [0.3, 0.4) is 0 Å². The van der Waals surface area contributed by atoms with E-state index in [1.807, 2.05) is 13.8 Å². The SMILES string of the molecule is CC(C)Oc1cccc(/C=C/C(=O)Nc2ccc(Cl)c(C(F)(F)F)c2)c1. The van der Waals surface area contributed by atoms with Gasteiger partial charge in [0.2, 0.25) is 5.91 Å². The van der Waals surface area contributed by atoms with E-state index >= 15 is 0 Å². The Labute approximate surface area is 154 Å². The maximum Gasteiger partial charge on any atom is 0.417 e. The van der Waals surface area contributed by atoms with Gasteiger partial charge in [0.25, 0.3) is 0 Å². The first-order valence-corrected chi connectivity index (χ1v) is 8.15. The molecule has 2 rings (SSSR count). The summed E-state index contributed by atoms with van der Waals surface area (Å²) < 4.78 is 44.1.